The molecule has 144 valence electrons. The van der Waals surface area contributed by atoms with Crippen molar-refractivity contribution in [2.75, 3.05) is 27.2 Å². The summed E-state index contributed by atoms with van der Waals surface area (Å²) in [4.78, 5) is 25.7. The minimum absolute atomic E-state index is 0.211. The molecule has 0 spiro atoms. The Kier molecular flexibility index (Phi) is 4.86. The molecule has 1 amide bonds. The van der Waals surface area contributed by atoms with Crippen LogP contribution in [0.2, 0.25) is 0 Å². The normalized spacial score (nSPS) is 17.0. The van der Waals surface area contributed by atoms with E-state index in [1.54, 1.807) is 15.9 Å². The molecule has 0 bridgehead atoms. The van der Waals surface area contributed by atoms with Crippen LogP contribution in [0, 0.1) is 12.8 Å². The maximum absolute atomic E-state index is 12.5. The number of carbonyl (C=O) groups is 1. The molecule has 0 unspecified atom stereocenters. The van der Waals surface area contributed by atoms with E-state index in [1.165, 1.54) is 21.8 Å². The quantitative estimate of drug-likeness (QED) is 0.642. The fourth-order valence-electron chi connectivity index (χ4n) is 3.77. The molecule has 7 nitrogen and oxygen atoms in total. The summed E-state index contributed by atoms with van der Waals surface area (Å²) in [6, 6.07) is 0. The molecule has 0 saturated heterocycles. The van der Waals surface area contributed by atoms with E-state index in [0.717, 1.165) is 47.5 Å². The van der Waals surface area contributed by atoms with Gasteiger partial charge in [0, 0.05) is 17.8 Å². The van der Waals surface area contributed by atoms with Crippen LogP contribution in [0.15, 0.2) is 0 Å². The summed E-state index contributed by atoms with van der Waals surface area (Å²) >= 11 is 1.77. The Morgan fingerprint density at radius 2 is 2.19 bits per heavy atom. The topological polar surface area (TPSA) is 76.6 Å². The standard InChI is InChI=1S/C19H26N6OS/c1-11-6-7-14-13(10-11)15-17-22-16(18(26)20-8-5-9-24(3)4)23-25(17)12(2)21-19(15)27-14/h11H,5-10H2,1-4H3,(H,20,26)/p+1/t11-/m0/s1. The summed E-state index contributed by atoms with van der Waals surface area (Å²) in [6.07, 6.45) is 4.32. The number of fused-ring (bicyclic) bond motifs is 5. The van der Waals surface area contributed by atoms with Crippen molar-refractivity contribution in [1.29, 1.82) is 0 Å². The van der Waals surface area contributed by atoms with Crippen molar-refractivity contribution in [1.82, 2.24) is 24.9 Å². The summed E-state index contributed by atoms with van der Waals surface area (Å²) in [6.45, 7) is 5.87. The van der Waals surface area contributed by atoms with Gasteiger partial charge < -0.3 is 10.2 Å². The average molecular weight is 388 g/mol. The number of aryl methyl sites for hydroxylation is 2. The minimum Gasteiger partial charge on any atom is -0.349 e. The molecular formula is C19H27N6OS+. The molecule has 3 aromatic rings. The highest BCUT2D eigenvalue weighted by atomic mass is 32.1. The second-order valence-electron chi connectivity index (χ2n) is 7.93. The van der Waals surface area contributed by atoms with Gasteiger partial charge in [-0.2, -0.15) is 4.52 Å². The van der Waals surface area contributed by atoms with Crippen molar-refractivity contribution in [3.05, 3.63) is 22.1 Å². The molecule has 3 aromatic heterocycles. The predicted octanol–water partition coefficient (Wildman–Crippen LogP) is 1.04. The first-order valence-electron chi connectivity index (χ1n) is 9.69. The summed E-state index contributed by atoms with van der Waals surface area (Å²) in [5, 5.41) is 8.48. The molecule has 0 saturated carbocycles. The van der Waals surface area contributed by atoms with Crippen LogP contribution in [0.5, 0.6) is 0 Å². The molecule has 8 heteroatoms. The van der Waals surface area contributed by atoms with Crippen LogP contribution in [0.3, 0.4) is 0 Å². The van der Waals surface area contributed by atoms with Crippen LogP contribution < -0.4 is 10.2 Å². The smallest absolute Gasteiger partial charge is 0.290 e. The fourth-order valence-corrected chi connectivity index (χ4v) is 5.02. The summed E-state index contributed by atoms with van der Waals surface area (Å²) in [7, 11) is 4.21. The van der Waals surface area contributed by atoms with Gasteiger partial charge in [-0.25, -0.2) is 9.97 Å². The van der Waals surface area contributed by atoms with Crippen molar-refractivity contribution in [3.63, 3.8) is 0 Å². The maximum atomic E-state index is 12.5. The van der Waals surface area contributed by atoms with Crippen LogP contribution in [0.1, 0.15) is 46.6 Å². The summed E-state index contributed by atoms with van der Waals surface area (Å²) < 4.78 is 1.73. The predicted molar refractivity (Wildman–Crippen MR) is 107 cm³/mol. The zero-order valence-electron chi connectivity index (χ0n) is 16.4. The second kappa shape index (κ2) is 7.16. The van der Waals surface area contributed by atoms with Crippen LogP contribution in [-0.2, 0) is 12.8 Å². The van der Waals surface area contributed by atoms with Crippen LogP contribution in [0.25, 0.3) is 15.9 Å². The Hall–Kier alpha value is -2.06. The van der Waals surface area contributed by atoms with E-state index in [-0.39, 0.29) is 11.7 Å². The highest BCUT2D eigenvalue weighted by Crippen LogP contribution is 2.38. The number of nitrogens with one attached hydrogen (secondary N) is 2. The first-order chi connectivity index (χ1) is 12.9. The van der Waals surface area contributed by atoms with Crippen molar-refractivity contribution < 1.29 is 9.69 Å². The zero-order valence-corrected chi connectivity index (χ0v) is 17.2. The van der Waals surface area contributed by atoms with Gasteiger partial charge in [0.05, 0.1) is 26.0 Å². The average Bonchev–Trinajstić information content (AvgIpc) is 3.19. The van der Waals surface area contributed by atoms with Crippen molar-refractivity contribution in [3.8, 4) is 0 Å². The number of rotatable bonds is 5. The van der Waals surface area contributed by atoms with E-state index in [9.17, 15) is 4.79 Å². The molecule has 0 fully saturated rings. The summed E-state index contributed by atoms with van der Waals surface area (Å²) in [5.41, 5.74) is 2.13. The number of nitrogens with zero attached hydrogens (tertiary/aromatic N) is 4. The van der Waals surface area contributed by atoms with Gasteiger partial charge in [0.1, 0.15) is 10.7 Å². The van der Waals surface area contributed by atoms with Gasteiger partial charge in [-0.05, 0) is 37.7 Å². The number of hydrogen-bond acceptors (Lipinski definition) is 5. The van der Waals surface area contributed by atoms with Crippen molar-refractivity contribution >= 4 is 33.1 Å². The van der Waals surface area contributed by atoms with E-state index in [2.05, 4.69) is 36.4 Å². The highest BCUT2D eigenvalue weighted by Gasteiger charge is 2.25. The number of quaternary nitrogens is 1. The Morgan fingerprint density at radius 1 is 1.37 bits per heavy atom. The molecular weight excluding hydrogens is 360 g/mol. The number of amides is 1. The lowest BCUT2D eigenvalue weighted by Gasteiger charge is -2.17. The molecule has 4 rings (SSSR count). The lowest BCUT2D eigenvalue weighted by molar-refractivity contribution is -0.858. The molecule has 1 aliphatic rings. The van der Waals surface area contributed by atoms with Gasteiger partial charge in [-0.15, -0.1) is 16.4 Å². The third kappa shape index (κ3) is 3.43. The van der Waals surface area contributed by atoms with E-state index < -0.39 is 0 Å². The maximum Gasteiger partial charge on any atom is 0.290 e. The molecule has 0 aliphatic heterocycles. The van der Waals surface area contributed by atoms with Gasteiger partial charge in [-0.1, -0.05) is 6.92 Å². The molecule has 27 heavy (non-hydrogen) atoms. The fraction of sp³-hybridized carbons (Fsp3) is 0.579. The van der Waals surface area contributed by atoms with Gasteiger partial charge in [0.15, 0.2) is 5.65 Å². The molecule has 3 heterocycles. The third-order valence-electron chi connectivity index (χ3n) is 5.23. The molecule has 0 radical (unpaired) electrons. The Balaban J connectivity index is 1.69. The van der Waals surface area contributed by atoms with Crippen LogP contribution in [0.4, 0.5) is 0 Å². The van der Waals surface area contributed by atoms with E-state index in [0.29, 0.717) is 12.5 Å². The van der Waals surface area contributed by atoms with Crippen LogP contribution in [-0.4, -0.2) is 52.7 Å². The van der Waals surface area contributed by atoms with E-state index >= 15 is 0 Å². The van der Waals surface area contributed by atoms with Crippen molar-refractivity contribution in [2.24, 2.45) is 5.92 Å². The number of aromatic nitrogens is 4. The molecule has 1 atom stereocenters. The second-order valence-corrected chi connectivity index (χ2v) is 9.01. The number of carbonyl (C=O) groups excluding carboxylic acids is 1. The van der Waals surface area contributed by atoms with Gasteiger partial charge in [0.25, 0.3) is 5.91 Å². The van der Waals surface area contributed by atoms with Gasteiger partial charge in [0.2, 0.25) is 5.82 Å². The van der Waals surface area contributed by atoms with Crippen LogP contribution >= 0.6 is 11.3 Å². The SMILES string of the molecule is Cc1nc2sc3c(c2c2nc(C(=O)NCCC[NH+](C)C)nn12)C[C@@H](C)CC3. The van der Waals surface area contributed by atoms with Gasteiger partial charge >= 0.3 is 0 Å². The Bertz CT molecular complexity index is 1000. The Morgan fingerprint density at radius 3 is 2.96 bits per heavy atom. The van der Waals surface area contributed by atoms with Crippen molar-refractivity contribution in [2.45, 2.75) is 39.5 Å². The first kappa shape index (κ1) is 18.3. The van der Waals surface area contributed by atoms with E-state index in [1.807, 2.05) is 6.92 Å². The van der Waals surface area contributed by atoms with E-state index in [4.69, 9.17) is 4.98 Å². The number of thiophene rings is 1. The lowest BCUT2D eigenvalue weighted by atomic mass is 9.89. The monoisotopic (exact) mass is 387 g/mol. The number of hydrogen-bond donors (Lipinski definition) is 2. The molecule has 0 aromatic carbocycles. The van der Waals surface area contributed by atoms with Gasteiger partial charge in [-0.3, -0.25) is 4.79 Å². The zero-order chi connectivity index (χ0) is 19.1. The molecule has 2 N–H and O–H groups in total. The first-order valence-corrected chi connectivity index (χ1v) is 10.5. The molecule has 1 aliphatic carbocycles. The highest BCUT2D eigenvalue weighted by molar-refractivity contribution is 7.19. The largest absolute Gasteiger partial charge is 0.349 e. The lowest BCUT2D eigenvalue weighted by Crippen LogP contribution is -3.05. The third-order valence-corrected chi connectivity index (χ3v) is 6.42. The summed E-state index contributed by atoms with van der Waals surface area (Å²) in [5.74, 6) is 1.46. The minimum atomic E-state index is -0.211. The Labute approximate surface area is 162 Å².